The minimum atomic E-state index is -0.418. The van der Waals surface area contributed by atoms with Gasteiger partial charge in [-0.1, -0.05) is 6.07 Å². The van der Waals surface area contributed by atoms with E-state index in [1.165, 1.54) is 18.4 Å². The van der Waals surface area contributed by atoms with E-state index in [0.717, 1.165) is 0 Å². The number of rotatable bonds is 2. The maximum atomic E-state index is 10.9. The van der Waals surface area contributed by atoms with Gasteiger partial charge in [0, 0.05) is 23.7 Å². The minimum absolute atomic E-state index is 0.0320. The lowest BCUT2D eigenvalue weighted by molar-refractivity contribution is -0.384. The van der Waals surface area contributed by atoms with Crippen LogP contribution in [0, 0.1) is 10.1 Å². The molecule has 0 fully saturated rings. The number of non-ortho nitro benzene ring substituents is 1. The molecule has 18 heavy (non-hydrogen) atoms. The molecule has 5 nitrogen and oxygen atoms in total. The second-order valence-electron chi connectivity index (χ2n) is 3.80. The van der Waals surface area contributed by atoms with Crippen LogP contribution in [-0.2, 0) is 0 Å². The minimum Gasteiger partial charge on any atom is -0.464 e. The highest BCUT2D eigenvalue weighted by atomic mass is 16.6. The highest BCUT2D eigenvalue weighted by Crippen LogP contribution is 2.32. The summed E-state index contributed by atoms with van der Waals surface area (Å²) in [6.07, 6.45) is 3.16. The average molecular weight is 240 g/mol. The summed E-state index contributed by atoms with van der Waals surface area (Å²) in [6, 6.07) is 10.1. The topological polar surface area (TPSA) is 69.2 Å². The molecule has 1 aromatic carbocycles. The third-order valence-corrected chi connectivity index (χ3v) is 2.69. The lowest BCUT2D eigenvalue weighted by Gasteiger charge is -2.01. The fraction of sp³-hybridized carbons (Fsp3) is 0. The maximum absolute atomic E-state index is 10.9. The standard InChI is InChI=1S/C13H8N2O3/c16-15(17)10-7-9-4-6-18-13(9)11(8-10)12-3-1-2-5-14-12/h1-8H. The van der Waals surface area contributed by atoms with Crippen LogP contribution in [0.3, 0.4) is 0 Å². The Morgan fingerprint density at radius 3 is 2.83 bits per heavy atom. The van der Waals surface area contributed by atoms with Crippen LogP contribution in [0.2, 0.25) is 0 Å². The molecule has 88 valence electrons. The van der Waals surface area contributed by atoms with Gasteiger partial charge in [-0.2, -0.15) is 0 Å². The SMILES string of the molecule is O=[N+]([O-])c1cc(-c2ccccn2)c2occc2c1. The second kappa shape index (κ2) is 3.96. The van der Waals surface area contributed by atoms with E-state index < -0.39 is 4.92 Å². The van der Waals surface area contributed by atoms with Gasteiger partial charge in [0.2, 0.25) is 0 Å². The Morgan fingerprint density at radius 1 is 1.22 bits per heavy atom. The van der Waals surface area contributed by atoms with Crippen molar-refractivity contribution >= 4 is 16.7 Å². The van der Waals surface area contributed by atoms with Gasteiger partial charge in [0.25, 0.3) is 5.69 Å². The van der Waals surface area contributed by atoms with E-state index in [1.54, 1.807) is 24.4 Å². The number of hydrogen-bond acceptors (Lipinski definition) is 4. The normalized spacial score (nSPS) is 10.7. The number of furan rings is 1. The molecule has 0 unspecified atom stereocenters. The van der Waals surface area contributed by atoms with E-state index in [4.69, 9.17) is 4.42 Å². The molecule has 0 aliphatic rings. The highest BCUT2D eigenvalue weighted by Gasteiger charge is 2.15. The third kappa shape index (κ3) is 1.62. The van der Waals surface area contributed by atoms with Crippen molar-refractivity contribution in [1.82, 2.24) is 4.98 Å². The number of nitro benzene ring substituents is 1. The van der Waals surface area contributed by atoms with Crippen LogP contribution in [0.5, 0.6) is 0 Å². The number of pyridine rings is 1. The van der Waals surface area contributed by atoms with Gasteiger partial charge >= 0.3 is 0 Å². The molecule has 3 rings (SSSR count). The third-order valence-electron chi connectivity index (χ3n) is 2.69. The van der Waals surface area contributed by atoms with Gasteiger partial charge in [-0.25, -0.2) is 0 Å². The molecule has 0 aliphatic carbocycles. The van der Waals surface area contributed by atoms with Crippen molar-refractivity contribution < 1.29 is 9.34 Å². The molecule has 3 aromatic rings. The van der Waals surface area contributed by atoms with Gasteiger partial charge in [-0.3, -0.25) is 15.1 Å². The quantitative estimate of drug-likeness (QED) is 0.508. The van der Waals surface area contributed by atoms with Gasteiger partial charge in [-0.05, 0) is 18.2 Å². The Kier molecular flexibility index (Phi) is 2.30. The molecule has 0 saturated heterocycles. The Morgan fingerprint density at radius 2 is 2.11 bits per heavy atom. The van der Waals surface area contributed by atoms with Gasteiger partial charge in [0.15, 0.2) is 0 Å². The van der Waals surface area contributed by atoms with Crippen molar-refractivity contribution in [2.45, 2.75) is 0 Å². The van der Waals surface area contributed by atoms with Crippen LogP contribution in [0.4, 0.5) is 5.69 Å². The summed E-state index contributed by atoms with van der Waals surface area (Å²) >= 11 is 0. The van der Waals surface area contributed by atoms with Crippen molar-refractivity contribution in [3.05, 3.63) is 59.0 Å². The average Bonchev–Trinajstić information content (AvgIpc) is 2.86. The molecule has 0 spiro atoms. The molecule has 0 aliphatic heterocycles. The van der Waals surface area contributed by atoms with Crippen LogP contribution in [0.15, 0.2) is 53.3 Å². The molecule has 0 bridgehead atoms. The summed E-state index contributed by atoms with van der Waals surface area (Å²) in [6.45, 7) is 0. The van der Waals surface area contributed by atoms with Gasteiger partial charge in [-0.15, -0.1) is 0 Å². The summed E-state index contributed by atoms with van der Waals surface area (Å²) in [5.74, 6) is 0. The van der Waals surface area contributed by atoms with Crippen LogP contribution in [0.25, 0.3) is 22.2 Å². The number of aromatic nitrogens is 1. The molecule has 0 N–H and O–H groups in total. The van der Waals surface area contributed by atoms with Crippen LogP contribution < -0.4 is 0 Å². The molecular weight excluding hydrogens is 232 g/mol. The van der Waals surface area contributed by atoms with Gasteiger partial charge in [0.05, 0.1) is 22.4 Å². The summed E-state index contributed by atoms with van der Waals surface area (Å²) in [5, 5.41) is 11.6. The lowest BCUT2D eigenvalue weighted by Crippen LogP contribution is -1.90. The number of nitro groups is 1. The van der Waals surface area contributed by atoms with Crippen molar-refractivity contribution in [1.29, 1.82) is 0 Å². The zero-order valence-electron chi connectivity index (χ0n) is 9.24. The molecule has 0 saturated carbocycles. The molecule has 2 heterocycles. The fourth-order valence-corrected chi connectivity index (χ4v) is 1.88. The number of hydrogen-bond donors (Lipinski definition) is 0. The first-order chi connectivity index (χ1) is 8.75. The Bertz CT molecular complexity index is 719. The Labute approximate surface area is 102 Å². The fourth-order valence-electron chi connectivity index (χ4n) is 1.88. The molecule has 5 heteroatoms. The molecule has 2 aromatic heterocycles. The predicted octanol–water partition coefficient (Wildman–Crippen LogP) is 3.40. The van der Waals surface area contributed by atoms with Crippen LogP contribution in [0.1, 0.15) is 0 Å². The van der Waals surface area contributed by atoms with Gasteiger partial charge < -0.3 is 4.42 Å². The largest absolute Gasteiger partial charge is 0.464 e. The summed E-state index contributed by atoms with van der Waals surface area (Å²) in [4.78, 5) is 14.7. The highest BCUT2D eigenvalue weighted by molar-refractivity contribution is 5.93. The first-order valence-corrected chi connectivity index (χ1v) is 5.33. The number of benzene rings is 1. The molecular formula is C13H8N2O3. The summed E-state index contributed by atoms with van der Waals surface area (Å²) in [7, 11) is 0. The zero-order valence-corrected chi connectivity index (χ0v) is 9.24. The number of fused-ring (bicyclic) bond motifs is 1. The zero-order chi connectivity index (χ0) is 12.5. The molecule has 0 amide bonds. The van der Waals surface area contributed by atoms with Crippen molar-refractivity contribution in [3.8, 4) is 11.3 Å². The van der Waals surface area contributed by atoms with Crippen molar-refractivity contribution in [3.63, 3.8) is 0 Å². The van der Waals surface area contributed by atoms with Crippen molar-refractivity contribution in [2.24, 2.45) is 0 Å². The van der Waals surface area contributed by atoms with E-state index in [9.17, 15) is 10.1 Å². The Hall–Kier alpha value is -2.69. The summed E-state index contributed by atoms with van der Waals surface area (Å²) < 4.78 is 5.38. The number of nitrogens with zero attached hydrogens (tertiary/aromatic N) is 2. The second-order valence-corrected chi connectivity index (χ2v) is 3.80. The predicted molar refractivity (Wildman–Crippen MR) is 66.1 cm³/mol. The lowest BCUT2D eigenvalue weighted by atomic mass is 10.1. The first-order valence-electron chi connectivity index (χ1n) is 5.33. The summed E-state index contributed by atoms with van der Waals surface area (Å²) in [5.41, 5.74) is 1.93. The monoisotopic (exact) mass is 240 g/mol. The van der Waals surface area contributed by atoms with Crippen LogP contribution >= 0.6 is 0 Å². The maximum Gasteiger partial charge on any atom is 0.270 e. The van der Waals surface area contributed by atoms with Crippen LogP contribution in [-0.4, -0.2) is 9.91 Å². The van der Waals surface area contributed by atoms with E-state index in [-0.39, 0.29) is 5.69 Å². The first kappa shape index (κ1) is 10.5. The van der Waals surface area contributed by atoms with E-state index in [0.29, 0.717) is 22.2 Å². The van der Waals surface area contributed by atoms with E-state index >= 15 is 0 Å². The smallest absolute Gasteiger partial charge is 0.270 e. The molecule has 0 atom stereocenters. The Balaban J connectivity index is 2.33. The van der Waals surface area contributed by atoms with E-state index in [2.05, 4.69) is 4.98 Å². The van der Waals surface area contributed by atoms with Crippen molar-refractivity contribution in [2.75, 3.05) is 0 Å². The van der Waals surface area contributed by atoms with E-state index in [1.807, 2.05) is 6.07 Å². The molecule has 0 radical (unpaired) electrons. The van der Waals surface area contributed by atoms with Gasteiger partial charge in [0.1, 0.15) is 5.58 Å².